The summed E-state index contributed by atoms with van der Waals surface area (Å²) in [6.07, 6.45) is 4.18. The van der Waals surface area contributed by atoms with E-state index < -0.39 is 0 Å². The smallest absolute Gasteiger partial charge is 0.000709 e. The average Bonchev–Trinajstić information content (AvgIpc) is 2.01. The number of hydrogen-bond acceptors (Lipinski definition) is 2. The summed E-state index contributed by atoms with van der Waals surface area (Å²) in [7, 11) is 4.26. The summed E-state index contributed by atoms with van der Waals surface area (Å²) in [6, 6.07) is 0. The number of rotatable bonds is 3. The maximum atomic E-state index is 3.21. The van der Waals surface area contributed by atoms with Gasteiger partial charge in [-0.25, -0.2) is 0 Å². The highest BCUT2D eigenvalue weighted by molar-refractivity contribution is 4.70. The minimum atomic E-state index is 0.946. The molecule has 1 aliphatic rings. The summed E-state index contributed by atoms with van der Waals surface area (Å²) >= 11 is 0. The van der Waals surface area contributed by atoms with Crippen molar-refractivity contribution in [2.24, 2.45) is 5.92 Å². The molecule has 11 heavy (non-hydrogen) atoms. The Labute approximate surface area is 70.0 Å². The zero-order valence-corrected chi connectivity index (χ0v) is 7.77. The van der Waals surface area contributed by atoms with Crippen LogP contribution in [0.15, 0.2) is 0 Å². The van der Waals surface area contributed by atoms with Crippen LogP contribution in [0, 0.1) is 5.92 Å². The third-order valence-electron chi connectivity index (χ3n) is 2.52. The molecule has 0 unspecified atom stereocenters. The van der Waals surface area contributed by atoms with E-state index in [4.69, 9.17) is 0 Å². The molecular weight excluding hydrogens is 136 g/mol. The minimum Gasteiger partial charge on any atom is -0.320 e. The summed E-state index contributed by atoms with van der Waals surface area (Å²) in [6.45, 7) is 3.79. The van der Waals surface area contributed by atoms with E-state index in [1.807, 2.05) is 7.05 Å². The molecule has 2 heteroatoms. The monoisotopic (exact) mass is 156 g/mol. The average molecular weight is 156 g/mol. The van der Waals surface area contributed by atoms with Gasteiger partial charge in [-0.2, -0.15) is 0 Å². The lowest BCUT2D eigenvalue weighted by Gasteiger charge is -2.29. The fourth-order valence-corrected chi connectivity index (χ4v) is 1.86. The maximum absolute atomic E-state index is 3.21. The van der Waals surface area contributed by atoms with Gasteiger partial charge in [0.1, 0.15) is 0 Å². The molecule has 0 bridgehead atoms. The molecule has 1 heterocycles. The molecular formula is C9H20N2. The lowest BCUT2D eigenvalue weighted by molar-refractivity contribution is 0.202. The van der Waals surface area contributed by atoms with E-state index in [9.17, 15) is 0 Å². The van der Waals surface area contributed by atoms with Crippen molar-refractivity contribution in [1.82, 2.24) is 10.2 Å². The zero-order valence-electron chi connectivity index (χ0n) is 7.77. The molecule has 0 radical (unpaired) electrons. The van der Waals surface area contributed by atoms with E-state index >= 15 is 0 Å². The van der Waals surface area contributed by atoms with Crippen LogP contribution in [-0.2, 0) is 0 Å². The fraction of sp³-hybridized carbons (Fsp3) is 1.00. The Bertz CT molecular complexity index is 104. The fourth-order valence-electron chi connectivity index (χ4n) is 1.86. The van der Waals surface area contributed by atoms with Crippen molar-refractivity contribution in [3.63, 3.8) is 0 Å². The van der Waals surface area contributed by atoms with E-state index in [1.165, 1.54) is 38.9 Å². The Morgan fingerprint density at radius 3 is 3.00 bits per heavy atom. The van der Waals surface area contributed by atoms with Crippen LogP contribution >= 0.6 is 0 Å². The second-order valence-corrected chi connectivity index (χ2v) is 3.66. The number of likely N-dealkylation sites (tertiary alicyclic amines) is 1. The molecule has 0 aromatic carbocycles. The first kappa shape index (κ1) is 9.01. The van der Waals surface area contributed by atoms with Crippen molar-refractivity contribution in [2.45, 2.75) is 19.3 Å². The number of piperidine rings is 1. The number of nitrogens with zero attached hydrogens (tertiary/aromatic N) is 1. The highest BCUT2D eigenvalue weighted by atomic mass is 15.1. The van der Waals surface area contributed by atoms with Crippen LogP contribution in [0.4, 0.5) is 0 Å². The highest BCUT2D eigenvalue weighted by Gasteiger charge is 2.15. The van der Waals surface area contributed by atoms with Gasteiger partial charge in [-0.1, -0.05) is 0 Å². The molecule has 1 fully saturated rings. The van der Waals surface area contributed by atoms with Crippen molar-refractivity contribution in [3.05, 3.63) is 0 Å². The minimum absolute atomic E-state index is 0.946. The van der Waals surface area contributed by atoms with Gasteiger partial charge in [-0.05, 0) is 52.4 Å². The van der Waals surface area contributed by atoms with Crippen molar-refractivity contribution in [1.29, 1.82) is 0 Å². The van der Waals surface area contributed by atoms with Crippen molar-refractivity contribution < 1.29 is 0 Å². The van der Waals surface area contributed by atoms with Gasteiger partial charge in [0.05, 0.1) is 0 Å². The third-order valence-corrected chi connectivity index (χ3v) is 2.52. The topological polar surface area (TPSA) is 15.3 Å². The first-order valence-corrected chi connectivity index (χ1v) is 4.66. The number of nitrogens with one attached hydrogen (secondary N) is 1. The van der Waals surface area contributed by atoms with Crippen molar-refractivity contribution in [3.8, 4) is 0 Å². The third kappa shape index (κ3) is 3.21. The standard InChI is InChI=1S/C9H20N2/c1-10-6-5-9-4-3-7-11(2)8-9/h9-10H,3-8H2,1-2H3/t9-/m0/s1. The first-order chi connectivity index (χ1) is 5.33. The predicted molar refractivity (Wildman–Crippen MR) is 48.8 cm³/mol. The van der Waals surface area contributed by atoms with Gasteiger partial charge in [0.2, 0.25) is 0 Å². The molecule has 1 aliphatic heterocycles. The van der Waals surface area contributed by atoms with Crippen LogP contribution < -0.4 is 5.32 Å². The SMILES string of the molecule is CNCC[C@@H]1CCCN(C)C1. The molecule has 1 rings (SSSR count). The zero-order chi connectivity index (χ0) is 8.10. The Balaban J connectivity index is 2.12. The van der Waals surface area contributed by atoms with Crippen molar-refractivity contribution >= 4 is 0 Å². The summed E-state index contributed by atoms with van der Waals surface area (Å²) in [5, 5.41) is 3.21. The lowest BCUT2D eigenvalue weighted by Crippen LogP contribution is -2.33. The first-order valence-electron chi connectivity index (χ1n) is 4.66. The quantitative estimate of drug-likeness (QED) is 0.654. The molecule has 0 aromatic rings. The van der Waals surface area contributed by atoms with Crippen LogP contribution in [0.5, 0.6) is 0 Å². The van der Waals surface area contributed by atoms with E-state index in [-0.39, 0.29) is 0 Å². The summed E-state index contributed by atoms with van der Waals surface area (Å²) < 4.78 is 0. The molecule has 0 aromatic heterocycles. The molecule has 0 amide bonds. The van der Waals surface area contributed by atoms with Crippen LogP contribution in [0.2, 0.25) is 0 Å². The maximum Gasteiger partial charge on any atom is 0.000709 e. The van der Waals surface area contributed by atoms with E-state index in [1.54, 1.807) is 0 Å². The van der Waals surface area contributed by atoms with Crippen LogP contribution in [0.25, 0.3) is 0 Å². The van der Waals surface area contributed by atoms with E-state index in [0.29, 0.717) is 0 Å². The van der Waals surface area contributed by atoms with Crippen LogP contribution in [0.1, 0.15) is 19.3 Å². The molecule has 66 valence electrons. The largest absolute Gasteiger partial charge is 0.320 e. The molecule has 0 spiro atoms. The number of hydrogen-bond donors (Lipinski definition) is 1. The Morgan fingerprint density at radius 1 is 1.55 bits per heavy atom. The Morgan fingerprint density at radius 2 is 2.36 bits per heavy atom. The Hall–Kier alpha value is -0.0800. The van der Waals surface area contributed by atoms with Gasteiger partial charge in [-0.15, -0.1) is 0 Å². The predicted octanol–water partition coefficient (Wildman–Crippen LogP) is 0.938. The molecule has 1 N–H and O–H groups in total. The Kier molecular flexibility index (Phi) is 3.87. The summed E-state index contributed by atoms with van der Waals surface area (Å²) in [5.74, 6) is 0.946. The lowest BCUT2D eigenvalue weighted by atomic mass is 9.95. The van der Waals surface area contributed by atoms with Gasteiger partial charge in [0, 0.05) is 6.54 Å². The van der Waals surface area contributed by atoms with Gasteiger partial charge < -0.3 is 10.2 Å². The summed E-state index contributed by atoms with van der Waals surface area (Å²) in [4.78, 5) is 2.45. The molecule has 2 nitrogen and oxygen atoms in total. The molecule has 0 saturated carbocycles. The second kappa shape index (κ2) is 4.73. The van der Waals surface area contributed by atoms with Gasteiger partial charge in [0.15, 0.2) is 0 Å². The summed E-state index contributed by atoms with van der Waals surface area (Å²) in [5.41, 5.74) is 0. The highest BCUT2D eigenvalue weighted by Crippen LogP contribution is 2.17. The van der Waals surface area contributed by atoms with Gasteiger partial charge >= 0.3 is 0 Å². The van der Waals surface area contributed by atoms with Gasteiger partial charge in [-0.3, -0.25) is 0 Å². The van der Waals surface area contributed by atoms with E-state index in [0.717, 1.165) is 5.92 Å². The molecule has 1 saturated heterocycles. The molecule has 0 aliphatic carbocycles. The van der Waals surface area contributed by atoms with Gasteiger partial charge in [0.25, 0.3) is 0 Å². The normalized spacial score (nSPS) is 27.3. The van der Waals surface area contributed by atoms with Crippen LogP contribution in [0.3, 0.4) is 0 Å². The molecule has 1 atom stereocenters. The van der Waals surface area contributed by atoms with Crippen molar-refractivity contribution in [2.75, 3.05) is 33.7 Å². The second-order valence-electron chi connectivity index (χ2n) is 3.66. The van der Waals surface area contributed by atoms with Crippen LogP contribution in [-0.4, -0.2) is 38.6 Å². The van der Waals surface area contributed by atoms with E-state index in [2.05, 4.69) is 17.3 Å².